The highest BCUT2D eigenvalue weighted by molar-refractivity contribution is 5.96. The molecule has 0 aliphatic rings. The minimum Gasteiger partial charge on any atom is -0.408 e. The molecule has 1 heterocycles. The van der Waals surface area contributed by atoms with Gasteiger partial charge in [-0.15, -0.1) is 0 Å². The van der Waals surface area contributed by atoms with E-state index in [1.54, 1.807) is 22.8 Å². The first-order valence-corrected chi connectivity index (χ1v) is 8.66. The van der Waals surface area contributed by atoms with Gasteiger partial charge in [0.2, 0.25) is 5.91 Å². The van der Waals surface area contributed by atoms with Gasteiger partial charge in [0.25, 0.3) is 0 Å². The highest BCUT2D eigenvalue weighted by atomic mass is 16.4. The number of benzene rings is 1. The molecule has 2 rings (SSSR count). The van der Waals surface area contributed by atoms with Crippen LogP contribution in [0.25, 0.3) is 11.1 Å². The zero-order valence-corrected chi connectivity index (χ0v) is 15.5. The summed E-state index contributed by atoms with van der Waals surface area (Å²) in [6, 6.07) is 5.23. The average molecular weight is 348 g/mol. The number of anilines is 1. The number of likely N-dealkylation sites (N-methyl/N-ethyl adjacent to an activating group) is 1. The number of rotatable bonds is 8. The lowest BCUT2D eigenvalue weighted by atomic mass is 9.81. The van der Waals surface area contributed by atoms with E-state index >= 15 is 0 Å². The van der Waals surface area contributed by atoms with Crippen molar-refractivity contribution in [2.24, 2.45) is 11.1 Å². The van der Waals surface area contributed by atoms with Crippen LogP contribution < -0.4 is 16.8 Å². The van der Waals surface area contributed by atoms with Gasteiger partial charge in [-0.05, 0) is 45.1 Å². The number of nitrogens with two attached hydrogens (primary N) is 1. The summed E-state index contributed by atoms with van der Waals surface area (Å²) in [5.41, 5.74) is 7.09. The van der Waals surface area contributed by atoms with Crippen molar-refractivity contribution in [1.29, 1.82) is 0 Å². The number of fused-ring (bicyclic) bond motifs is 1. The number of amides is 1. The smallest absolute Gasteiger partial charge is 0.408 e. The summed E-state index contributed by atoms with van der Waals surface area (Å²) in [5, 5.41) is 2.94. The predicted octanol–water partition coefficient (Wildman–Crippen LogP) is 1.86. The van der Waals surface area contributed by atoms with Crippen LogP contribution in [0.3, 0.4) is 0 Å². The van der Waals surface area contributed by atoms with Crippen LogP contribution in [0, 0.1) is 5.41 Å². The maximum absolute atomic E-state index is 12.7. The molecule has 2 aromatic rings. The van der Waals surface area contributed by atoms with Crippen molar-refractivity contribution in [3.8, 4) is 0 Å². The fourth-order valence-corrected chi connectivity index (χ4v) is 2.87. The Hall–Kier alpha value is -2.12. The topological polar surface area (TPSA) is 93.5 Å². The number of carbonyl (C=O) groups is 1. The molecule has 7 nitrogen and oxygen atoms in total. The fourth-order valence-electron chi connectivity index (χ4n) is 2.87. The van der Waals surface area contributed by atoms with Crippen LogP contribution in [0.1, 0.15) is 26.7 Å². The third-order valence-electron chi connectivity index (χ3n) is 4.92. The van der Waals surface area contributed by atoms with Gasteiger partial charge in [0.15, 0.2) is 5.58 Å². The maximum atomic E-state index is 12.7. The number of nitrogens with zero attached hydrogens (tertiary/aromatic N) is 2. The zero-order valence-electron chi connectivity index (χ0n) is 15.5. The Kier molecular flexibility index (Phi) is 6.02. The van der Waals surface area contributed by atoms with Crippen LogP contribution in [-0.4, -0.2) is 42.6 Å². The highest BCUT2D eigenvalue weighted by Crippen LogP contribution is 2.27. The molecule has 0 unspecified atom stereocenters. The second-order valence-electron chi connectivity index (χ2n) is 6.65. The molecule has 0 spiro atoms. The second kappa shape index (κ2) is 7.84. The van der Waals surface area contributed by atoms with Gasteiger partial charge in [-0.2, -0.15) is 0 Å². The molecule has 1 aromatic heterocycles. The predicted molar refractivity (Wildman–Crippen MR) is 99.7 cm³/mol. The van der Waals surface area contributed by atoms with Gasteiger partial charge in [0.1, 0.15) is 0 Å². The van der Waals surface area contributed by atoms with Crippen molar-refractivity contribution in [1.82, 2.24) is 9.47 Å². The van der Waals surface area contributed by atoms with Crippen LogP contribution in [-0.2, 0) is 11.3 Å². The Morgan fingerprint density at radius 3 is 2.56 bits per heavy atom. The summed E-state index contributed by atoms with van der Waals surface area (Å²) in [5.74, 6) is -0.483. The molecule has 1 aromatic carbocycles. The van der Waals surface area contributed by atoms with E-state index in [4.69, 9.17) is 10.2 Å². The van der Waals surface area contributed by atoms with Gasteiger partial charge in [-0.1, -0.05) is 13.8 Å². The molecule has 1 amide bonds. The minimum absolute atomic E-state index is 0.0926. The number of nitrogens with one attached hydrogen (secondary N) is 1. The summed E-state index contributed by atoms with van der Waals surface area (Å²) in [7, 11) is 3.89. The Morgan fingerprint density at radius 2 is 2.00 bits per heavy atom. The second-order valence-corrected chi connectivity index (χ2v) is 6.65. The first-order chi connectivity index (χ1) is 11.9. The van der Waals surface area contributed by atoms with E-state index in [2.05, 4.69) is 5.32 Å². The van der Waals surface area contributed by atoms with Crippen LogP contribution in [0.5, 0.6) is 0 Å². The van der Waals surface area contributed by atoms with E-state index in [1.165, 1.54) is 0 Å². The standard InChI is InChI=1S/C18H28N4O3/c1-5-18(6-2,12-19)16(23)20-13-7-8-15-14(11-13)22(17(24)25-15)10-9-21(3)4/h7-8,11H,5-6,9-10,12,19H2,1-4H3,(H,20,23). The number of carbonyl (C=O) groups excluding carboxylic acids is 1. The SMILES string of the molecule is CCC(CC)(CN)C(=O)Nc1ccc2oc(=O)n(CCN(C)C)c2c1. The summed E-state index contributed by atoms with van der Waals surface area (Å²) in [6.45, 7) is 5.47. The van der Waals surface area contributed by atoms with Gasteiger partial charge < -0.3 is 20.4 Å². The third-order valence-corrected chi connectivity index (χ3v) is 4.92. The Bertz CT molecular complexity index is 779. The molecule has 25 heavy (non-hydrogen) atoms. The lowest BCUT2D eigenvalue weighted by Gasteiger charge is -2.28. The number of aromatic nitrogens is 1. The summed E-state index contributed by atoms with van der Waals surface area (Å²) >= 11 is 0. The van der Waals surface area contributed by atoms with Crippen molar-refractivity contribution in [3.05, 3.63) is 28.7 Å². The molecule has 138 valence electrons. The molecule has 7 heteroatoms. The van der Waals surface area contributed by atoms with Crippen LogP contribution >= 0.6 is 0 Å². The van der Waals surface area contributed by atoms with Gasteiger partial charge >= 0.3 is 5.76 Å². The Morgan fingerprint density at radius 1 is 1.32 bits per heavy atom. The summed E-state index contributed by atoms with van der Waals surface area (Å²) in [4.78, 5) is 26.7. The molecule has 0 saturated carbocycles. The molecule has 0 atom stereocenters. The maximum Gasteiger partial charge on any atom is 0.419 e. The molecule has 0 saturated heterocycles. The molecule has 0 aliphatic heterocycles. The molecule has 0 aliphatic carbocycles. The molecule has 0 radical (unpaired) electrons. The van der Waals surface area contributed by atoms with E-state index in [1.807, 2.05) is 32.8 Å². The van der Waals surface area contributed by atoms with Crippen molar-refractivity contribution >= 4 is 22.7 Å². The van der Waals surface area contributed by atoms with Gasteiger partial charge in [0, 0.05) is 25.3 Å². The normalized spacial score (nSPS) is 12.1. The number of oxazole rings is 1. The molecule has 3 N–H and O–H groups in total. The molecular formula is C18H28N4O3. The van der Waals surface area contributed by atoms with Crippen molar-refractivity contribution < 1.29 is 9.21 Å². The van der Waals surface area contributed by atoms with Crippen LogP contribution in [0.2, 0.25) is 0 Å². The highest BCUT2D eigenvalue weighted by Gasteiger charge is 2.33. The van der Waals surface area contributed by atoms with E-state index in [-0.39, 0.29) is 5.91 Å². The number of hydrogen-bond acceptors (Lipinski definition) is 5. The van der Waals surface area contributed by atoms with Gasteiger partial charge in [0.05, 0.1) is 10.9 Å². The lowest BCUT2D eigenvalue weighted by Crippen LogP contribution is -2.41. The van der Waals surface area contributed by atoms with Crippen molar-refractivity contribution in [2.75, 3.05) is 32.5 Å². The third kappa shape index (κ3) is 3.93. The first-order valence-electron chi connectivity index (χ1n) is 8.66. The van der Waals surface area contributed by atoms with Crippen molar-refractivity contribution in [2.45, 2.75) is 33.2 Å². The van der Waals surface area contributed by atoms with Gasteiger partial charge in [-0.3, -0.25) is 9.36 Å². The zero-order chi connectivity index (χ0) is 18.6. The average Bonchev–Trinajstić information content (AvgIpc) is 2.89. The Balaban J connectivity index is 2.32. The van der Waals surface area contributed by atoms with Crippen LogP contribution in [0.4, 0.5) is 5.69 Å². The summed E-state index contributed by atoms with van der Waals surface area (Å²) in [6.07, 6.45) is 1.35. The Labute approximate surface area is 147 Å². The minimum atomic E-state index is -0.573. The number of hydrogen-bond donors (Lipinski definition) is 2. The largest absolute Gasteiger partial charge is 0.419 e. The molecular weight excluding hydrogens is 320 g/mol. The van der Waals surface area contributed by atoms with Gasteiger partial charge in [-0.25, -0.2) is 4.79 Å². The van der Waals surface area contributed by atoms with Crippen molar-refractivity contribution in [3.63, 3.8) is 0 Å². The fraction of sp³-hybridized carbons (Fsp3) is 0.556. The quantitative estimate of drug-likeness (QED) is 0.759. The first kappa shape index (κ1) is 19.2. The molecule has 0 bridgehead atoms. The monoisotopic (exact) mass is 348 g/mol. The van der Waals surface area contributed by atoms with E-state index in [0.29, 0.717) is 49.3 Å². The summed E-state index contributed by atoms with van der Waals surface area (Å²) < 4.78 is 6.86. The van der Waals surface area contributed by atoms with Crippen LogP contribution in [0.15, 0.2) is 27.4 Å². The van der Waals surface area contributed by atoms with E-state index < -0.39 is 11.2 Å². The molecule has 0 fully saturated rings. The van der Waals surface area contributed by atoms with E-state index in [9.17, 15) is 9.59 Å². The lowest BCUT2D eigenvalue weighted by molar-refractivity contribution is -0.125. The van der Waals surface area contributed by atoms with E-state index in [0.717, 1.165) is 0 Å².